The molecule has 1 amide bonds. The van der Waals surface area contributed by atoms with Gasteiger partial charge >= 0.3 is 5.97 Å². The number of rotatable bonds is 11. The second kappa shape index (κ2) is 12.1. The monoisotopic (exact) mass is 466 g/mol. The van der Waals surface area contributed by atoms with Crippen molar-refractivity contribution < 1.29 is 19.1 Å². The lowest BCUT2D eigenvalue weighted by molar-refractivity contribution is -0.151. The molecule has 1 aromatic rings. The molecule has 1 aromatic carbocycles. The van der Waals surface area contributed by atoms with Crippen LogP contribution in [0.5, 0.6) is 0 Å². The average Bonchev–Trinajstić information content (AvgIpc) is 3.29. The minimum Gasteiger partial charge on any atom is -0.467 e. The fraction of sp³-hybridized carbons (Fsp3) is 0.500. The van der Waals surface area contributed by atoms with E-state index >= 15 is 0 Å². The van der Waals surface area contributed by atoms with Gasteiger partial charge in [0.2, 0.25) is 5.91 Å². The van der Waals surface area contributed by atoms with Gasteiger partial charge in [0, 0.05) is 19.4 Å². The second-order valence-corrected chi connectivity index (χ2v) is 9.24. The highest BCUT2D eigenvalue weighted by molar-refractivity contribution is 5.88. The fourth-order valence-corrected chi connectivity index (χ4v) is 5.07. The molecule has 0 radical (unpaired) electrons. The SMILES string of the molecule is C=CCCCCC[C@H](N)C(=O)N1C[C@](OC)(C2C=CC(c3ccccc3)=CC2)C[C@H]1C(=O)OC. The molecule has 34 heavy (non-hydrogen) atoms. The number of methoxy groups -OCH3 is 2. The van der Waals surface area contributed by atoms with Gasteiger partial charge in [-0.25, -0.2) is 4.79 Å². The number of benzene rings is 1. The third kappa shape index (κ3) is 5.86. The Morgan fingerprint density at radius 2 is 2.00 bits per heavy atom. The minimum absolute atomic E-state index is 0.0325. The Bertz CT molecular complexity index is 910. The molecule has 0 saturated carbocycles. The number of unbranched alkanes of at least 4 members (excludes halogenated alkanes) is 3. The first-order valence-electron chi connectivity index (χ1n) is 12.2. The van der Waals surface area contributed by atoms with Gasteiger partial charge in [0.1, 0.15) is 6.04 Å². The maximum absolute atomic E-state index is 13.3. The molecule has 4 atom stereocenters. The Morgan fingerprint density at radius 1 is 1.24 bits per heavy atom. The maximum Gasteiger partial charge on any atom is 0.328 e. The second-order valence-electron chi connectivity index (χ2n) is 9.24. The van der Waals surface area contributed by atoms with Gasteiger partial charge in [0.15, 0.2) is 0 Å². The van der Waals surface area contributed by atoms with E-state index in [4.69, 9.17) is 15.2 Å². The Hall–Kier alpha value is -2.70. The zero-order valence-electron chi connectivity index (χ0n) is 20.4. The van der Waals surface area contributed by atoms with Gasteiger partial charge in [0.05, 0.1) is 25.3 Å². The smallest absolute Gasteiger partial charge is 0.328 e. The van der Waals surface area contributed by atoms with Crippen LogP contribution in [0.4, 0.5) is 0 Å². The minimum atomic E-state index is -0.697. The molecule has 1 saturated heterocycles. The van der Waals surface area contributed by atoms with E-state index in [0.29, 0.717) is 19.4 Å². The van der Waals surface area contributed by atoms with Gasteiger partial charge < -0.3 is 20.1 Å². The van der Waals surface area contributed by atoms with Gasteiger partial charge in [-0.1, -0.05) is 67.5 Å². The van der Waals surface area contributed by atoms with Crippen LogP contribution < -0.4 is 5.73 Å². The van der Waals surface area contributed by atoms with E-state index in [1.165, 1.54) is 12.7 Å². The van der Waals surface area contributed by atoms with Gasteiger partial charge in [0.25, 0.3) is 0 Å². The Balaban J connectivity index is 1.72. The molecular formula is C28H38N2O4. The molecule has 1 aliphatic heterocycles. The third-order valence-electron chi connectivity index (χ3n) is 7.14. The summed E-state index contributed by atoms with van der Waals surface area (Å²) in [4.78, 5) is 27.6. The molecule has 1 heterocycles. The van der Waals surface area contributed by atoms with E-state index < -0.39 is 23.7 Å². The van der Waals surface area contributed by atoms with Crippen LogP contribution in [-0.4, -0.2) is 55.2 Å². The van der Waals surface area contributed by atoms with Crippen molar-refractivity contribution in [3.05, 3.63) is 66.8 Å². The summed E-state index contributed by atoms with van der Waals surface area (Å²) in [7, 11) is 3.01. The van der Waals surface area contributed by atoms with Gasteiger partial charge in [-0.15, -0.1) is 6.58 Å². The highest BCUT2D eigenvalue weighted by Crippen LogP contribution is 2.42. The molecule has 6 nitrogen and oxygen atoms in total. The Kier molecular flexibility index (Phi) is 9.25. The van der Waals surface area contributed by atoms with Crippen LogP contribution in [0.2, 0.25) is 0 Å². The van der Waals surface area contributed by atoms with Crippen molar-refractivity contribution in [3.8, 4) is 0 Å². The van der Waals surface area contributed by atoms with Crippen LogP contribution in [0.15, 0.2) is 61.2 Å². The van der Waals surface area contributed by atoms with Crippen molar-refractivity contribution >= 4 is 17.4 Å². The molecular weight excluding hydrogens is 428 g/mol. The van der Waals surface area contributed by atoms with E-state index in [9.17, 15) is 9.59 Å². The van der Waals surface area contributed by atoms with E-state index in [-0.39, 0.29) is 11.8 Å². The first-order chi connectivity index (χ1) is 16.5. The number of amides is 1. The van der Waals surface area contributed by atoms with Gasteiger partial charge in [-0.3, -0.25) is 4.79 Å². The number of carbonyl (C=O) groups excluding carboxylic acids is 2. The van der Waals surface area contributed by atoms with Crippen LogP contribution in [0.3, 0.4) is 0 Å². The predicted molar refractivity (Wildman–Crippen MR) is 135 cm³/mol. The summed E-state index contributed by atoms with van der Waals surface area (Å²) in [5, 5.41) is 0. The van der Waals surface area contributed by atoms with Crippen LogP contribution in [0.1, 0.15) is 50.5 Å². The standard InChI is InChI=1S/C28H38N2O4/c1-4-5-6-7-11-14-24(29)26(31)30-20-28(34-3,19-25(30)27(32)33-2)23-17-15-22(16-18-23)21-12-9-8-10-13-21/h4,8-10,12-13,15-17,23-25H,1,5-7,11,14,18-20,29H2,2-3H3/t23?,24-,25-,28-/m0/s1. The molecule has 0 bridgehead atoms. The van der Waals surface area contributed by atoms with E-state index in [2.05, 4.69) is 36.9 Å². The zero-order chi connectivity index (χ0) is 24.6. The molecule has 3 rings (SSSR count). The first kappa shape index (κ1) is 25.9. The average molecular weight is 467 g/mol. The van der Waals surface area contributed by atoms with Crippen LogP contribution in [0, 0.1) is 5.92 Å². The van der Waals surface area contributed by atoms with Crippen molar-refractivity contribution in [3.63, 3.8) is 0 Å². The Morgan fingerprint density at radius 3 is 2.62 bits per heavy atom. The summed E-state index contributed by atoms with van der Waals surface area (Å²) in [5.74, 6) is -0.603. The molecule has 2 aliphatic rings. The Labute approximate surface area is 203 Å². The molecule has 1 fully saturated rings. The predicted octanol–water partition coefficient (Wildman–Crippen LogP) is 4.27. The fourth-order valence-electron chi connectivity index (χ4n) is 5.07. The third-order valence-corrected chi connectivity index (χ3v) is 7.14. The quantitative estimate of drug-likeness (QED) is 0.299. The summed E-state index contributed by atoms with van der Waals surface area (Å²) in [6, 6.07) is 8.89. The van der Waals surface area contributed by atoms with Crippen molar-refractivity contribution in [1.82, 2.24) is 4.90 Å². The van der Waals surface area contributed by atoms with Crippen molar-refractivity contribution in [2.75, 3.05) is 20.8 Å². The van der Waals surface area contributed by atoms with Crippen LogP contribution >= 0.6 is 0 Å². The van der Waals surface area contributed by atoms with Crippen molar-refractivity contribution in [2.24, 2.45) is 11.7 Å². The first-order valence-corrected chi connectivity index (χ1v) is 12.2. The molecule has 1 unspecified atom stereocenters. The number of carbonyl (C=O) groups is 2. The molecule has 6 heteroatoms. The number of nitrogens with two attached hydrogens (primary N) is 1. The summed E-state index contributed by atoms with van der Waals surface area (Å²) < 4.78 is 11.1. The number of likely N-dealkylation sites (tertiary alicyclic amines) is 1. The number of nitrogens with zero attached hydrogens (tertiary/aromatic N) is 1. The van der Waals surface area contributed by atoms with E-state index in [1.807, 2.05) is 24.3 Å². The highest BCUT2D eigenvalue weighted by Gasteiger charge is 2.53. The molecule has 2 N–H and O–H groups in total. The molecule has 0 spiro atoms. The number of hydrogen-bond donors (Lipinski definition) is 1. The normalized spacial score (nSPS) is 25.0. The lowest BCUT2D eigenvalue weighted by atomic mass is 9.79. The van der Waals surface area contributed by atoms with Gasteiger partial charge in [-0.2, -0.15) is 0 Å². The summed E-state index contributed by atoms with van der Waals surface area (Å²) in [6.45, 7) is 4.05. The number of allylic oxidation sites excluding steroid dienone is 4. The van der Waals surface area contributed by atoms with Gasteiger partial charge in [-0.05, 0) is 36.8 Å². The van der Waals surface area contributed by atoms with Crippen LogP contribution in [-0.2, 0) is 19.1 Å². The largest absolute Gasteiger partial charge is 0.467 e. The summed E-state index contributed by atoms with van der Waals surface area (Å²) in [5.41, 5.74) is 7.93. The number of hydrogen-bond acceptors (Lipinski definition) is 5. The van der Waals surface area contributed by atoms with E-state index in [1.54, 1.807) is 12.0 Å². The van der Waals surface area contributed by atoms with Crippen LogP contribution in [0.25, 0.3) is 5.57 Å². The zero-order valence-corrected chi connectivity index (χ0v) is 20.4. The molecule has 184 valence electrons. The van der Waals surface area contributed by atoms with Crippen molar-refractivity contribution in [2.45, 2.75) is 62.6 Å². The lowest BCUT2D eigenvalue weighted by Crippen LogP contribution is -2.50. The lowest BCUT2D eigenvalue weighted by Gasteiger charge is -2.35. The number of esters is 1. The summed E-state index contributed by atoms with van der Waals surface area (Å²) >= 11 is 0. The highest BCUT2D eigenvalue weighted by atomic mass is 16.5. The number of ether oxygens (including phenoxy) is 2. The summed E-state index contributed by atoms with van der Waals surface area (Å²) in [6.07, 6.45) is 14.0. The van der Waals surface area contributed by atoms with Crippen molar-refractivity contribution in [1.29, 1.82) is 0 Å². The van der Waals surface area contributed by atoms with E-state index in [0.717, 1.165) is 37.7 Å². The maximum atomic E-state index is 13.3. The molecule has 0 aromatic heterocycles. The molecule has 1 aliphatic carbocycles. The topological polar surface area (TPSA) is 81.9 Å².